The number of aryl methyl sites for hydroxylation is 4. The van der Waals surface area contributed by atoms with Gasteiger partial charge in [0.15, 0.2) is 5.13 Å². The number of nitrogens with zero attached hydrogens (tertiary/aromatic N) is 6. The predicted molar refractivity (Wildman–Crippen MR) is 154 cm³/mol. The molecule has 196 valence electrons. The van der Waals surface area contributed by atoms with E-state index in [1.807, 2.05) is 33.8 Å². The van der Waals surface area contributed by atoms with Crippen molar-refractivity contribution in [3.05, 3.63) is 76.1 Å². The predicted octanol–water partition coefficient (Wildman–Crippen LogP) is 5.14. The van der Waals surface area contributed by atoms with Gasteiger partial charge in [-0.05, 0) is 44.0 Å². The van der Waals surface area contributed by atoms with Gasteiger partial charge in [-0.15, -0.1) is 0 Å². The van der Waals surface area contributed by atoms with Crippen molar-refractivity contribution in [2.75, 3.05) is 46.6 Å². The maximum absolute atomic E-state index is 12.9. The van der Waals surface area contributed by atoms with E-state index >= 15 is 0 Å². The molecule has 9 nitrogen and oxygen atoms in total. The minimum Gasteiger partial charge on any atom is -0.368 e. The lowest BCUT2D eigenvalue weighted by Gasteiger charge is -2.36. The van der Waals surface area contributed by atoms with E-state index < -0.39 is 0 Å². The van der Waals surface area contributed by atoms with Gasteiger partial charge in [-0.1, -0.05) is 54.2 Å². The molecule has 0 saturated carbocycles. The molecule has 1 aliphatic heterocycles. The minimum absolute atomic E-state index is 0.188. The Labute approximate surface area is 227 Å². The summed E-state index contributed by atoms with van der Waals surface area (Å²) in [7, 11) is 0. The molecule has 0 aliphatic carbocycles. The van der Waals surface area contributed by atoms with Crippen molar-refractivity contribution in [2.24, 2.45) is 0 Å². The molecule has 0 unspecified atom stereocenters. The number of amides is 1. The fraction of sp³-hybridized carbons (Fsp3) is 0.321. The average Bonchev–Trinajstić information content (AvgIpc) is 3.39. The van der Waals surface area contributed by atoms with E-state index in [2.05, 4.69) is 71.8 Å². The van der Waals surface area contributed by atoms with E-state index in [4.69, 9.17) is 4.98 Å². The van der Waals surface area contributed by atoms with Gasteiger partial charge < -0.3 is 15.1 Å². The number of carbonyl (C=O) groups excluding carboxylic acids is 1. The second kappa shape index (κ2) is 11.1. The lowest BCUT2D eigenvalue weighted by Crippen LogP contribution is -2.47. The summed E-state index contributed by atoms with van der Waals surface area (Å²) < 4.78 is 0. The lowest BCUT2D eigenvalue weighted by atomic mass is 10.1. The SMILES string of the molecule is CCc1nc(Nc2ncc(C(=O)Nc3c(C)cc(C)cc3C)s2)nc(N2CCN(c3ccccc3)CC2)n1. The van der Waals surface area contributed by atoms with E-state index in [0.29, 0.717) is 34.2 Å². The van der Waals surface area contributed by atoms with E-state index in [0.717, 1.165) is 43.0 Å². The first-order valence-electron chi connectivity index (χ1n) is 12.8. The van der Waals surface area contributed by atoms with Crippen LogP contribution in [0.25, 0.3) is 0 Å². The van der Waals surface area contributed by atoms with E-state index in [9.17, 15) is 4.79 Å². The van der Waals surface area contributed by atoms with Crippen molar-refractivity contribution in [3.63, 3.8) is 0 Å². The number of para-hydroxylation sites is 1. The third kappa shape index (κ3) is 5.75. The van der Waals surface area contributed by atoms with Crippen LogP contribution in [0.15, 0.2) is 48.7 Å². The van der Waals surface area contributed by atoms with Crippen LogP contribution >= 0.6 is 11.3 Å². The highest BCUT2D eigenvalue weighted by Gasteiger charge is 2.21. The van der Waals surface area contributed by atoms with Gasteiger partial charge in [-0.3, -0.25) is 10.1 Å². The summed E-state index contributed by atoms with van der Waals surface area (Å²) >= 11 is 1.27. The summed E-state index contributed by atoms with van der Waals surface area (Å²) in [6, 6.07) is 14.6. The van der Waals surface area contributed by atoms with Gasteiger partial charge in [0, 0.05) is 44.0 Å². The van der Waals surface area contributed by atoms with Crippen LogP contribution in [0, 0.1) is 20.8 Å². The standard InChI is InChI=1S/C28H32N8OS/c1-5-23-30-26(33-27(31-23)36-13-11-35(12-14-36)21-9-7-6-8-10-21)34-28-29-17-22(38-28)25(37)32-24-19(3)15-18(2)16-20(24)4/h6-10,15-17H,5,11-14H2,1-4H3,(H,32,37)(H,29,30,31,33,34). The van der Waals surface area contributed by atoms with Crippen molar-refractivity contribution >= 4 is 45.6 Å². The van der Waals surface area contributed by atoms with Crippen LogP contribution in [0.5, 0.6) is 0 Å². The fourth-order valence-electron chi connectivity index (χ4n) is 4.65. The molecule has 3 heterocycles. The fourth-order valence-corrected chi connectivity index (χ4v) is 5.36. The summed E-state index contributed by atoms with van der Waals surface area (Å²) in [6.45, 7) is 11.5. The topological polar surface area (TPSA) is 99.2 Å². The molecule has 4 aromatic rings. The van der Waals surface area contributed by atoms with Gasteiger partial charge in [-0.2, -0.15) is 15.0 Å². The number of hydrogen-bond acceptors (Lipinski definition) is 9. The summed E-state index contributed by atoms with van der Waals surface area (Å²) in [5.41, 5.74) is 5.31. The first kappa shape index (κ1) is 25.6. The van der Waals surface area contributed by atoms with Crippen LogP contribution in [-0.2, 0) is 6.42 Å². The zero-order valence-electron chi connectivity index (χ0n) is 22.2. The van der Waals surface area contributed by atoms with Gasteiger partial charge in [0.1, 0.15) is 10.7 Å². The Morgan fingerprint density at radius 3 is 2.32 bits per heavy atom. The molecule has 10 heteroatoms. The lowest BCUT2D eigenvalue weighted by molar-refractivity contribution is 0.103. The van der Waals surface area contributed by atoms with Crippen LogP contribution in [0.4, 0.5) is 28.4 Å². The van der Waals surface area contributed by atoms with Gasteiger partial charge in [0.05, 0.1) is 6.20 Å². The number of piperazine rings is 1. The molecular formula is C28H32N8OS. The van der Waals surface area contributed by atoms with Crippen LogP contribution in [0.2, 0.25) is 0 Å². The molecule has 0 bridgehead atoms. The Morgan fingerprint density at radius 2 is 1.63 bits per heavy atom. The largest absolute Gasteiger partial charge is 0.368 e. The molecular weight excluding hydrogens is 496 g/mol. The third-order valence-corrected chi connectivity index (χ3v) is 7.45. The first-order chi connectivity index (χ1) is 18.4. The maximum atomic E-state index is 12.9. The van der Waals surface area contributed by atoms with Gasteiger partial charge >= 0.3 is 0 Å². The van der Waals surface area contributed by atoms with Crippen molar-refractivity contribution in [3.8, 4) is 0 Å². The highest BCUT2D eigenvalue weighted by Crippen LogP contribution is 2.26. The van der Waals surface area contributed by atoms with Crippen molar-refractivity contribution in [2.45, 2.75) is 34.1 Å². The first-order valence-corrected chi connectivity index (χ1v) is 13.6. The molecule has 2 N–H and O–H groups in total. The van der Waals surface area contributed by atoms with E-state index in [1.165, 1.54) is 22.6 Å². The van der Waals surface area contributed by atoms with Gasteiger partial charge in [-0.25, -0.2) is 4.98 Å². The van der Waals surface area contributed by atoms with Crippen molar-refractivity contribution in [1.82, 2.24) is 19.9 Å². The summed E-state index contributed by atoms with van der Waals surface area (Å²) in [6.07, 6.45) is 2.27. The molecule has 38 heavy (non-hydrogen) atoms. The molecule has 0 spiro atoms. The molecule has 2 aromatic heterocycles. The Bertz CT molecular complexity index is 1410. The molecule has 1 aliphatic rings. The number of thiazole rings is 1. The molecule has 0 radical (unpaired) electrons. The highest BCUT2D eigenvalue weighted by molar-refractivity contribution is 7.17. The molecule has 0 atom stereocenters. The third-order valence-electron chi connectivity index (χ3n) is 6.53. The van der Waals surface area contributed by atoms with Crippen LogP contribution in [0.1, 0.15) is 39.1 Å². The number of anilines is 5. The second-order valence-electron chi connectivity index (χ2n) is 9.42. The summed E-state index contributed by atoms with van der Waals surface area (Å²) in [4.78, 5) is 36.3. The molecule has 5 rings (SSSR count). The Kier molecular flexibility index (Phi) is 7.50. The monoisotopic (exact) mass is 528 g/mol. The Morgan fingerprint density at radius 1 is 0.947 bits per heavy atom. The number of carbonyl (C=O) groups is 1. The molecule has 1 amide bonds. The van der Waals surface area contributed by atoms with Gasteiger partial charge in [0.25, 0.3) is 5.91 Å². The molecule has 1 saturated heterocycles. The number of benzene rings is 2. The highest BCUT2D eigenvalue weighted by atomic mass is 32.1. The van der Waals surface area contributed by atoms with Crippen molar-refractivity contribution < 1.29 is 4.79 Å². The summed E-state index contributed by atoms with van der Waals surface area (Å²) in [5.74, 6) is 1.62. The van der Waals surface area contributed by atoms with Gasteiger partial charge in [0.2, 0.25) is 11.9 Å². The number of nitrogens with one attached hydrogen (secondary N) is 2. The maximum Gasteiger partial charge on any atom is 0.267 e. The van der Waals surface area contributed by atoms with E-state index in [-0.39, 0.29) is 5.91 Å². The van der Waals surface area contributed by atoms with Crippen LogP contribution < -0.4 is 20.4 Å². The van der Waals surface area contributed by atoms with Crippen molar-refractivity contribution in [1.29, 1.82) is 0 Å². The summed E-state index contributed by atoms with van der Waals surface area (Å²) in [5, 5.41) is 6.78. The molecule has 1 fully saturated rings. The Hall–Kier alpha value is -4.05. The van der Waals surface area contributed by atoms with E-state index in [1.54, 1.807) is 6.20 Å². The zero-order valence-corrected chi connectivity index (χ0v) is 23.0. The minimum atomic E-state index is -0.188. The molecule has 2 aromatic carbocycles. The Balaban J connectivity index is 1.27. The number of rotatable bonds is 7. The quantitative estimate of drug-likeness (QED) is 0.340. The second-order valence-corrected chi connectivity index (χ2v) is 10.5. The zero-order chi connectivity index (χ0) is 26.6. The number of hydrogen-bond donors (Lipinski definition) is 2. The smallest absolute Gasteiger partial charge is 0.267 e. The average molecular weight is 529 g/mol. The van der Waals surface area contributed by atoms with Crippen LogP contribution in [0.3, 0.4) is 0 Å². The van der Waals surface area contributed by atoms with Crippen LogP contribution in [-0.4, -0.2) is 52.0 Å². The number of aromatic nitrogens is 4. The normalized spacial score (nSPS) is 13.5.